The summed E-state index contributed by atoms with van der Waals surface area (Å²) in [4.78, 5) is 13.3. The zero-order valence-corrected chi connectivity index (χ0v) is 17.7. The van der Waals surface area contributed by atoms with E-state index in [-0.39, 0.29) is 6.61 Å². The molecule has 0 fully saturated rings. The molecule has 1 aliphatic heterocycles. The first-order chi connectivity index (χ1) is 15.2. The number of carbonyl (C=O) groups is 1. The number of anilines is 1. The Morgan fingerprint density at radius 2 is 1.61 bits per heavy atom. The average Bonchev–Trinajstić information content (AvgIpc) is 2.81. The number of hydrogen-bond acceptors (Lipinski definition) is 3. The fourth-order valence-electron chi connectivity index (χ4n) is 4.56. The topological polar surface area (TPSA) is 49.8 Å². The predicted molar refractivity (Wildman–Crippen MR) is 124 cm³/mol. The van der Waals surface area contributed by atoms with E-state index in [1.54, 1.807) is 0 Å². The summed E-state index contributed by atoms with van der Waals surface area (Å²) in [6.45, 7) is 1.70. The number of nitrogens with zero attached hydrogens (tertiary/aromatic N) is 1. The molecule has 4 rings (SSSR count). The van der Waals surface area contributed by atoms with Crippen LogP contribution in [-0.2, 0) is 11.2 Å². The standard InChI is InChI=1S/C27H29NO3/c29-27(30)20-31-26-17-7-16-25-24(26)15-9-19-28(25)18-8-14-23(21-10-3-1-4-11-21)22-12-5-2-6-13-22/h1-7,10-13,16-17,23H,8-9,14-15,18-20H2,(H,29,30). The molecule has 4 nitrogen and oxygen atoms in total. The van der Waals surface area contributed by atoms with E-state index in [1.165, 1.54) is 16.8 Å². The fourth-order valence-corrected chi connectivity index (χ4v) is 4.56. The van der Waals surface area contributed by atoms with Crippen molar-refractivity contribution in [1.82, 2.24) is 0 Å². The molecule has 0 bridgehead atoms. The van der Waals surface area contributed by atoms with E-state index in [4.69, 9.17) is 9.84 Å². The summed E-state index contributed by atoms with van der Waals surface area (Å²) in [5.41, 5.74) is 5.04. The molecule has 0 unspecified atom stereocenters. The minimum atomic E-state index is -0.946. The first kappa shape index (κ1) is 21.0. The second-order valence-electron chi connectivity index (χ2n) is 8.04. The molecule has 0 atom stereocenters. The first-order valence-corrected chi connectivity index (χ1v) is 11.0. The van der Waals surface area contributed by atoms with E-state index in [1.807, 2.05) is 12.1 Å². The Labute approximate surface area is 184 Å². The SMILES string of the molecule is O=C(O)COc1cccc2c1CCCN2CCCC(c1ccccc1)c1ccccc1. The van der Waals surface area contributed by atoms with Crippen molar-refractivity contribution < 1.29 is 14.6 Å². The third-order valence-electron chi connectivity index (χ3n) is 5.98. The third kappa shape index (κ3) is 5.26. The van der Waals surface area contributed by atoms with Crippen LogP contribution in [0.2, 0.25) is 0 Å². The average molecular weight is 416 g/mol. The summed E-state index contributed by atoms with van der Waals surface area (Å²) < 4.78 is 5.55. The van der Waals surface area contributed by atoms with Crippen LogP contribution < -0.4 is 9.64 Å². The molecule has 3 aromatic rings. The Morgan fingerprint density at radius 1 is 0.935 bits per heavy atom. The second kappa shape index (κ2) is 10.2. The minimum Gasteiger partial charge on any atom is -0.482 e. The molecule has 0 spiro atoms. The lowest BCUT2D eigenvalue weighted by molar-refractivity contribution is -0.139. The van der Waals surface area contributed by atoms with E-state index in [2.05, 4.69) is 71.6 Å². The van der Waals surface area contributed by atoms with Crippen LogP contribution in [0.5, 0.6) is 5.75 Å². The van der Waals surface area contributed by atoms with Crippen LogP contribution in [0.1, 0.15) is 41.9 Å². The molecule has 31 heavy (non-hydrogen) atoms. The highest BCUT2D eigenvalue weighted by molar-refractivity contribution is 5.69. The molecule has 4 heteroatoms. The summed E-state index contributed by atoms with van der Waals surface area (Å²) in [5, 5.41) is 8.95. The van der Waals surface area contributed by atoms with Crippen molar-refractivity contribution in [2.75, 3.05) is 24.6 Å². The number of ether oxygens (including phenoxy) is 1. The highest BCUT2D eigenvalue weighted by Crippen LogP contribution is 2.35. The number of rotatable bonds is 9. The van der Waals surface area contributed by atoms with Gasteiger partial charge in [0.2, 0.25) is 0 Å². The molecule has 1 heterocycles. The van der Waals surface area contributed by atoms with Crippen molar-refractivity contribution in [2.24, 2.45) is 0 Å². The molecule has 0 amide bonds. The van der Waals surface area contributed by atoms with Gasteiger partial charge in [-0.15, -0.1) is 0 Å². The normalized spacial score (nSPS) is 13.1. The van der Waals surface area contributed by atoms with Crippen LogP contribution in [0.3, 0.4) is 0 Å². The largest absolute Gasteiger partial charge is 0.482 e. The Balaban J connectivity index is 1.46. The van der Waals surface area contributed by atoms with Crippen LogP contribution in [0.4, 0.5) is 5.69 Å². The zero-order chi connectivity index (χ0) is 21.5. The molecule has 0 aliphatic carbocycles. The van der Waals surface area contributed by atoms with Crippen molar-refractivity contribution >= 4 is 11.7 Å². The van der Waals surface area contributed by atoms with E-state index >= 15 is 0 Å². The number of fused-ring (bicyclic) bond motifs is 1. The lowest BCUT2D eigenvalue weighted by Gasteiger charge is -2.32. The highest BCUT2D eigenvalue weighted by Gasteiger charge is 2.21. The number of hydrogen-bond donors (Lipinski definition) is 1. The molecule has 3 aromatic carbocycles. The maximum absolute atomic E-state index is 10.9. The Bertz CT molecular complexity index is 948. The molecular weight excluding hydrogens is 386 g/mol. The van der Waals surface area contributed by atoms with Gasteiger partial charge in [-0.3, -0.25) is 0 Å². The van der Waals surface area contributed by atoms with E-state index in [9.17, 15) is 4.79 Å². The lowest BCUT2D eigenvalue weighted by atomic mass is 9.87. The molecule has 0 aromatic heterocycles. The van der Waals surface area contributed by atoms with Crippen LogP contribution in [0.25, 0.3) is 0 Å². The van der Waals surface area contributed by atoms with Gasteiger partial charge >= 0.3 is 5.97 Å². The molecule has 0 radical (unpaired) electrons. The second-order valence-corrected chi connectivity index (χ2v) is 8.04. The van der Waals surface area contributed by atoms with Crippen LogP contribution in [-0.4, -0.2) is 30.8 Å². The Morgan fingerprint density at radius 3 is 2.26 bits per heavy atom. The van der Waals surface area contributed by atoms with Gasteiger partial charge in [0.05, 0.1) is 0 Å². The maximum atomic E-state index is 10.9. The number of aliphatic carboxylic acids is 1. The summed E-state index contributed by atoms with van der Waals surface area (Å²) in [6, 6.07) is 27.5. The summed E-state index contributed by atoms with van der Waals surface area (Å²) >= 11 is 0. The Hall–Kier alpha value is -3.27. The van der Waals surface area contributed by atoms with Gasteiger partial charge in [-0.05, 0) is 48.9 Å². The van der Waals surface area contributed by atoms with E-state index in [0.717, 1.165) is 44.3 Å². The van der Waals surface area contributed by atoms with Crippen LogP contribution in [0, 0.1) is 0 Å². The molecular formula is C27H29NO3. The highest BCUT2D eigenvalue weighted by atomic mass is 16.5. The summed E-state index contributed by atoms with van der Waals surface area (Å²) in [6.07, 6.45) is 4.14. The van der Waals surface area contributed by atoms with Gasteiger partial charge < -0.3 is 14.7 Å². The Kier molecular flexibility index (Phi) is 6.88. The number of carboxylic acids is 1. The summed E-state index contributed by atoms with van der Waals surface area (Å²) in [7, 11) is 0. The van der Waals surface area contributed by atoms with Crippen molar-refractivity contribution in [3.63, 3.8) is 0 Å². The molecule has 0 saturated heterocycles. The van der Waals surface area contributed by atoms with Crippen LogP contribution >= 0.6 is 0 Å². The van der Waals surface area contributed by atoms with Crippen LogP contribution in [0.15, 0.2) is 78.9 Å². The zero-order valence-electron chi connectivity index (χ0n) is 17.7. The van der Waals surface area contributed by atoms with Crippen molar-refractivity contribution in [3.8, 4) is 5.75 Å². The number of benzene rings is 3. The summed E-state index contributed by atoms with van der Waals surface area (Å²) in [5.74, 6) is 0.145. The van der Waals surface area contributed by atoms with Gasteiger partial charge in [-0.2, -0.15) is 0 Å². The van der Waals surface area contributed by atoms with Gasteiger partial charge in [0.25, 0.3) is 0 Å². The predicted octanol–water partition coefficient (Wildman–Crippen LogP) is 5.51. The van der Waals surface area contributed by atoms with E-state index in [0.29, 0.717) is 11.7 Å². The number of carboxylic acid groups (broad SMARTS) is 1. The van der Waals surface area contributed by atoms with Gasteiger partial charge in [-0.25, -0.2) is 4.79 Å². The molecule has 0 saturated carbocycles. The van der Waals surface area contributed by atoms with Crippen molar-refractivity contribution in [3.05, 3.63) is 95.6 Å². The first-order valence-electron chi connectivity index (χ1n) is 11.0. The van der Waals surface area contributed by atoms with Gasteiger partial charge in [0.1, 0.15) is 5.75 Å². The fraction of sp³-hybridized carbons (Fsp3) is 0.296. The minimum absolute atomic E-state index is 0.299. The van der Waals surface area contributed by atoms with Gasteiger partial charge in [-0.1, -0.05) is 66.7 Å². The molecule has 160 valence electrons. The van der Waals surface area contributed by atoms with Gasteiger partial charge in [0.15, 0.2) is 6.61 Å². The third-order valence-corrected chi connectivity index (χ3v) is 5.98. The quantitative estimate of drug-likeness (QED) is 0.500. The van der Waals surface area contributed by atoms with Gasteiger partial charge in [0, 0.05) is 30.3 Å². The van der Waals surface area contributed by atoms with Crippen molar-refractivity contribution in [2.45, 2.75) is 31.6 Å². The smallest absolute Gasteiger partial charge is 0.341 e. The monoisotopic (exact) mass is 415 g/mol. The van der Waals surface area contributed by atoms with Crippen molar-refractivity contribution in [1.29, 1.82) is 0 Å². The lowest BCUT2D eigenvalue weighted by Crippen LogP contribution is -2.31. The molecule has 1 aliphatic rings. The van der Waals surface area contributed by atoms with E-state index < -0.39 is 5.97 Å². The maximum Gasteiger partial charge on any atom is 0.341 e. The molecule has 1 N–H and O–H groups in total.